The standard InChI is InChI=1S/C17H18N2O2/c1-19(14-6-8-15(20)9-7-14)17(21)16-10-12-4-2-3-5-13(12)11-18-16/h2-9,16,18,20H,10-11H2,1H3/t16-/m0/s1. The van der Waals surface area contributed by atoms with Crippen molar-refractivity contribution in [3.63, 3.8) is 0 Å². The molecule has 2 aromatic carbocycles. The first-order valence-corrected chi connectivity index (χ1v) is 7.02. The molecule has 1 amide bonds. The number of phenolic OH excluding ortho intramolecular Hbond substituents is 1. The first-order valence-electron chi connectivity index (χ1n) is 7.02. The summed E-state index contributed by atoms with van der Waals surface area (Å²) in [4.78, 5) is 14.2. The zero-order chi connectivity index (χ0) is 14.8. The van der Waals surface area contributed by atoms with Crippen LogP contribution in [0.1, 0.15) is 11.1 Å². The lowest BCUT2D eigenvalue weighted by atomic mass is 9.95. The minimum atomic E-state index is -0.210. The van der Waals surface area contributed by atoms with Crippen molar-refractivity contribution in [1.82, 2.24) is 5.32 Å². The van der Waals surface area contributed by atoms with Crippen molar-refractivity contribution in [2.45, 2.75) is 19.0 Å². The van der Waals surface area contributed by atoms with Crippen molar-refractivity contribution in [3.8, 4) is 5.75 Å². The van der Waals surface area contributed by atoms with Crippen LogP contribution in [-0.2, 0) is 17.8 Å². The van der Waals surface area contributed by atoms with Crippen LogP contribution in [0.2, 0.25) is 0 Å². The Morgan fingerprint density at radius 3 is 2.52 bits per heavy atom. The highest BCUT2D eigenvalue weighted by Gasteiger charge is 2.26. The molecule has 2 N–H and O–H groups in total. The van der Waals surface area contributed by atoms with Crippen molar-refractivity contribution >= 4 is 11.6 Å². The zero-order valence-electron chi connectivity index (χ0n) is 11.9. The number of carbonyl (C=O) groups is 1. The molecule has 3 rings (SSSR count). The van der Waals surface area contributed by atoms with Crippen molar-refractivity contribution in [1.29, 1.82) is 0 Å². The van der Waals surface area contributed by atoms with Gasteiger partial charge in [-0.05, 0) is 41.8 Å². The molecule has 0 radical (unpaired) electrons. The molecule has 108 valence electrons. The summed E-state index contributed by atoms with van der Waals surface area (Å²) in [5, 5.41) is 12.6. The van der Waals surface area contributed by atoms with E-state index >= 15 is 0 Å². The van der Waals surface area contributed by atoms with Gasteiger partial charge in [0.05, 0.1) is 6.04 Å². The molecular formula is C17H18N2O2. The smallest absolute Gasteiger partial charge is 0.244 e. The van der Waals surface area contributed by atoms with Crippen molar-refractivity contribution < 1.29 is 9.90 Å². The van der Waals surface area contributed by atoms with Crippen molar-refractivity contribution in [3.05, 3.63) is 59.7 Å². The van der Waals surface area contributed by atoms with Gasteiger partial charge in [-0.2, -0.15) is 0 Å². The lowest BCUT2D eigenvalue weighted by molar-refractivity contribution is -0.120. The van der Waals surface area contributed by atoms with Crippen LogP contribution in [0.15, 0.2) is 48.5 Å². The normalized spacial score (nSPS) is 17.1. The fourth-order valence-corrected chi connectivity index (χ4v) is 2.67. The van der Waals surface area contributed by atoms with Crippen LogP contribution in [0.4, 0.5) is 5.69 Å². The second kappa shape index (κ2) is 5.58. The van der Waals surface area contributed by atoms with Gasteiger partial charge in [0.25, 0.3) is 0 Å². The highest BCUT2D eigenvalue weighted by Crippen LogP contribution is 2.21. The second-order valence-electron chi connectivity index (χ2n) is 5.32. The first-order chi connectivity index (χ1) is 10.1. The number of phenols is 1. The molecule has 1 atom stereocenters. The highest BCUT2D eigenvalue weighted by atomic mass is 16.3. The Hall–Kier alpha value is -2.33. The Balaban J connectivity index is 1.75. The van der Waals surface area contributed by atoms with E-state index in [1.807, 2.05) is 12.1 Å². The third-order valence-corrected chi connectivity index (χ3v) is 3.95. The van der Waals surface area contributed by atoms with Crippen LogP contribution in [0, 0.1) is 0 Å². The van der Waals surface area contributed by atoms with Gasteiger partial charge in [0, 0.05) is 19.3 Å². The molecule has 1 aliphatic heterocycles. The number of likely N-dealkylation sites (N-methyl/N-ethyl adjacent to an activating group) is 1. The van der Waals surface area contributed by atoms with E-state index in [-0.39, 0.29) is 17.7 Å². The molecule has 0 saturated carbocycles. The van der Waals surface area contributed by atoms with Gasteiger partial charge in [0.15, 0.2) is 0 Å². The fourth-order valence-electron chi connectivity index (χ4n) is 2.67. The molecule has 0 spiro atoms. The number of anilines is 1. The van der Waals surface area contributed by atoms with Gasteiger partial charge in [-0.1, -0.05) is 24.3 Å². The van der Waals surface area contributed by atoms with Gasteiger partial charge < -0.3 is 15.3 Å². The number of carbonyl (C=O) groups excluding carboxylic acids is 1. The number of hydrogen-bond acceptors (Lipinski definition) is 3. The molecule has 4 nitrogen and oxygen atoms in total. The Morgan fingerprint density at radius 1 is 1.14 bits per heavy atom. The molecule has 1 heterocycles. The lowest BCUT2D eigenvalue weighted by Gasteiger charge is -2.29. The largest absolute Gasteiger partial charge is 0.508 e. The second-order valence-corrected chi connectivity index (χ2v) is 5.32. The van der Waals surface area contributed by atoms with E-state index in [9.17, 15) is 9.90 Å². The van der Waals surface area contributed by atoms with Gasteiger partial charge in [0.2, 0.25) is 5.91 Å². The summed E-state index contributed by atoms with van der Waals surface area (Å²) in [5.41, 5.74) is 3.26. The average Bonchev–Trinajstić information content (AvgIpc) is 2.54. The summed E-state index contributed by atoms with van der Waals surface area (Å²) in [7, 11) is 1.76. The summed E-state index contributed by atoms with van der Waals surface area (Å²) < 4.78 is 0. The number of rotatable bonds is 2. The Kier molecular flexibility index (Phi) is 3.62. The number of benzene rings is 2. The Bertz CT molecular complexity index is 652. The molecule has 0 unspecified atom stereocenters. The monoisotopic (exact) mass is 282 g/mol. The van der Waals surface area contributed by atoms with Crippen molar-refractivity contribution in [2.75, 3.05) is 11.9 Å². The minimum Gasteiger partial charge on any atom is -0.508 e. The molecule has 0 aromatic heterocycles. The first kappa shape index (κ1) is 13.6. The third kappa shape index (κ3) is 2.76. The topological polar surface area (TPSA) is 52.6 Å². The number of hydrogen-bond donors (Lipinski definition) is 2. The van der Waals surface area contributed by atoms with Crippen molar-refractivity contribution in [2.24, 2.45) is 0 Å². The third-order valence-electron chi connectivity index (χ3n) is 3.95. The van der Waals surface area contributed by atoms with Crippen LogP contribution in [-0.4, -0.2) is 24.1 Å². The van der Waals surface area contributed by atoms with Gasteiger partial charge in [-0.3, -0.25) is 4.79 Å². The summed E-state index contributed by atoms with van der Waals surface area (Å²) >= 11 is 0. The average molecular weight is 282 g/mol. The van der Waals surface area contributed by atoms with Crippen LogP contribution in [0.5, 0.6) is 5.75 Å². The quantitative estimate of drug-likeness (QED) is 0.886. The van der Waals surface area contributed by atoms with E-state index in [4.69, 9.17) is 0 Å². The summed E-state index contributed by atoms with van der Waals surface area (Å²) in [6, 6.07) is 14.6. The highest BCUT2D eigenvalue weighted by molar-refractivity contribution is 5.97. The van der Waals surface area contributed by atoms with Gasteiger partial charge in [-0.15, -0.1) is 0 Å². The summed E-state index contributed by atoms with van der Waals surface area (Å²) in [6.07, 6.45) is 0.706. The number of nitrogens with zero attached hydrogens (tertiary/aromatic N) is 1. The predicted octanol–water partition coefficient (Wildman–Crippen LogP) is 2.07. The molecule has 21 heavy (non-hydrogen) atoms. The number of nitrogens with one attached hydrogen (secondary N) is 1. The number of fused-ring (bicyclic) bond motifs is 1. The molecule has 0 fully saturated rings. The molecular weight excluding hydrogens is 264 g/mol. The van der Waals surface area contributed by atoms with Crippen LogP contribution in [0.25, 0.3) is 0 Å². The molecule has 0 bridgehead atoms. The molecule has 4 heteroatoms. The number of amides is 1. The van der Waals surface area contributed by atoms with E-state index in [1.54, 1.807) is 36.2 Å². The van der Waals surface area contributed by atoms with Crippen LogP contribution in [0.3, 0.4) is 0 Å². The summed E-state index contributed by atoms with van der Waals surface area (Å²) in [6.45, 7) is 0.718. The van der Waals surface area contributed by atoms with E-state index in [1.165, 1.54) is 11.1 Å². The van der Waals surface area contributed by atoms with E-state index < -0.39 is 0 Å². The molecule has 1 aliphatic rings. The lowest BCUT2D eigenvalue weighted by Crippen LogP contribution is -2.48. The van der Waals surface area contributed by atoms with Crippen LogP contribution < -0.4 is 10.2 Å². The number of aromatic hydroxyl groups is 1. The fraction of sp³-hybridized carbons (Fsp3) is 0.235. The maximum absolute atomic E-state index is 12.6. The maximum atomic E-state index is 12.6. The van der Waals surface area contributed by atoms with E-state index in [0.717, 1.165) is 12.2 Å². The SMILES string of the molecule is CN(C(=O)[C@@H]1Cc2ccccc2CN1)c1ccc(O)cc1. The zero-order valence-corrected chi connectivity index (χ0v) is 11.9. The Morgan fingerprint density at radius 2 is 1.81 bits per heavy atom. The maximum Gasteiger partial charge on any atom is 0.244 e. The van der Waals surface area contributed by atoms with Gasteiger partial charge in [0.1, 0.15) is 5.75 Å². The minimum absolute atomic E-state index is 0.0372. The molecule has 2 aromatic rings. The van der Waals surface area contributed by atoms with E-state index in [2.05, 4.69) is 17.4 Å². The predicted molar refractivity (Wildman–Crippen MR) is 82.3 cm³/mol. The Labute approximate surface area is 124 Å². The van der Waals surface area contributed by atoms with E-state index in [0.29, 0.717) is 6.42 Å². The van der Waals surface area contributed by atoms with Gasteiger partial charge in [-0.25, -0.2) is 0 Å². The molecule has 0 aliphatic carbocycles. The summed E-state index contributed by atoms with van der Waals surface area (Å²) in [5.74, 6) is 0.236. The van der Waals surface area contributed by atoms with Gasteiger partial charge >= 0.3 is 0 Å². The van der Waals surface area contributed by atoms with Crippen LogP contribution >= 0.6 is 0 Å². The molecule has 0 saturated heterocycles.